The molecule has 132 valence electrons. The molecule has 0 saturated heterocycles. The van der Waals surface area contributed by atoms with E-state index in [-0.39, 0.29) is 6.61 Å². The number of carbonyl (C=O) groups excluding carboxylic acids is 1. The standard InChI is InChI=1S/C19H21FN2O3/c1-3-11-24-17-9-7-15(8-10-17)14(2)21-22-19(23)13-25-18-6-4-5-16(20)12-18/h4-10,12H,3,11,13H2,1-2H3,(H,22,23)/b21-14-. The number of nitrogens with zero attached hydrogens (tertiary/aromatic N) is 1. The second-order valence-corrected chi connectivity index (χ2v) is 5.35. The van der Waals surface area contributed by atoms with Crippen LogP contribution in [0.25, 0.3) is 0 Å². The molecule has 5 nitrogen and oxygen atoms in total. The molecule has 0 heterocycles. The monoisotopic (exact) mass is 344 g/mol. The molecular formula is C19H21FN2O3. The number of amides is 1. The Morgan fingerprint density at radius 2 is 1.88 bits per heavy atom. The van der Waals surface area contributed by atoms with Crippen LogP contribution in [0, 0.1) is 5.82 Å². The molecule has 0 aliphatic carbocycles. The fraction of sp³-hybridized carbons (Fsp3) is 0.263. The summed E-state index contributed by atoms with van der Waals surface area (Å²) in [5.74, 6) is 0.245. The molecule has 0 aromatic heterocycles. The predicted molar refractivity (Wildman–Crippen MR) is 94.5 cm³/mol. The van der Waals surface area contributed by atoms with Crippen LogP contribution < -0.4 is 14.9 Å². The topological polar surface area (TPSA) is 59.9 Å². The van der Waals surface area contributed by atoms with Crippen LogP contribution in [0.4, 0.5) is 4.39 Å². The van der Waals surface area contributed by atoms with E-state index in [1.807, 2.05) is 31.2 Å². The molecule has 0 unspecified atom stereocenters. The van der Waals surface area contributed by atoms with Crippen molar-refractivity contribution < 1.29 is 18.7 Å². The highest BCUT2D eigenvalue weighted by Crippen LogP contribution is 2.13. The number of hydrogen-bond acceptors (Lipinski definition) is 4. The number of hydrazone groups is 1. The number of hydrogen-bond donors (Lipinski definition) is 1. The number of nitrogens with one attached hydrogen (secondary N) is 1. The Bertz CT molecular complexity index is 730. The van der Waals surface area contributed by atoms with Gasteiger partial charge in [-0.05, 0) is 55.3 Å². The molecule has 0 aliphatic rings. The van der Waals surface area contributed by atoms with Crippen LogP contribution in [-0.2, 0) is 4.79 Å². The van der Waals surface area contributed by atoms with Crippen LogP contribution in [0.3, 0.4) is 0 Å². The molecule has 2 aromatic rings. The maximum Gasteiger partial charge on any atom is 0.277 e. The number of rotatable bonds is 8. The van der Waals surface area contributed by atoms with Gasteiger partial charge in [0.25, 0.3) is 5.91 Å². The highest BCUT2D eigenvalue weighted by molar-refractivity contribution is 5.99. The van der Waals surface area contributed by atoms with Crippen molar-refractivity contribution in [3.8, 4) is 11.5 Å². The second-order valence-electron chi connectivity index (χ2n) is 5.35. The molecule has 1 N–H and O–H groups in total. The lowest BCUT2D eigenvalue weighted by Crippen LogP contribution is -2.25. The Hall–Kier alpha value is -2.89. The molecule has 1 amide bonds. The minimum atomic E-state index is -0.425. The number of ether oxygens (including phenoxy) is 2. The summed E-state index contributed by atoms with van der Waals surface area (Å²) in [5, 5.41) is 4.04. The van der Waals surface area contributed by atoms with E-state index in [1.165, 1.54) is 18.2 Å². The molecule has 0 spiro atoms. The summed E-state index contributed by atoms with van der Waals surface area (Å²) in [6.45, 7) is 4.26. The summed E-state index contributed by atoms with van der Waals surface area (Å²) in [6.07, 6.45) is 0.950. The van der Waals surface area contributed by atoms with Gasteiger partial charge in [-0.25, -0.2) is 9.82 Å². The molecule has 25 heavy (non-hydrogen) atoms. The van der Waals surface area contributed by atoms with Crippen LogP contribution in [0.2, 0.25) is 0 Å². The maximum atomic E-state index is 13.0. The first kappa shape index (κ1) is 18.4. The fourth-order valence-electron chi connectivity index (χ4n) is 1.96. The van der Waals surface area contributed by atoms with Gasteiger partial charge in [0.05, 0.1) is 12.3 Å². The molecule has 0 saturated carbocycles. The Morgan fingerprint density at radius 3 is 2.56 bits per heavy atom. The number of benzene rings is 2. The average Bonchev–Trinajstić information content (AvgIpc) is 2.63. The van der Waals surface area contributed by atoms with Crippen molar-refractivity contribution in [2.24, 2.45) is 5.10 Å². The Kier molecular flexibility index (Phi) is 6.95. The first-order chi connectivity index (χ1) is 12.1. The summed E-state index contributed by atoms with van der Waals surface area (Å²) in [6, 6.07) is 13.1. The van der Waals surface area contributed by atoms with Crippen molar-refractivity contribution in [3.63, 3.8) is 0 Å². The minimum absolute atomic E-state index is 0.246. The van der Waals surface area contributed by atoms with E-state index in [4.69, 9.17) is 9.47 Å². The lowest BCUT2D eigenvalue weighted by molar-refractivity contribution is -0.123. The molecule has 0 radical (unpaired) electrons. The maximum absolute atomic E-state index is 13.0. The largest absolute Gasteiger partial charge is 0.494 e. The first-order valence-electron chi connectivity index (χ1n) is 8.03. The van der Waals surface area contributed by atoms with Gasteiger partial charge in [-0.15, -0.1) is 0 Å². The van der Waals surface area contributed by atoms with Crippen LogP contribution >= 0.6 is 0 Å². The van der Waals surface area contributed by atoms with E-state index in [1.54, 1.807) is 13.0 Å². The highest BCUT2D eigenvalue weighted by atomic mass is 19.1. The summed E-state index contributed by atoms with van der Waals surface area (Å²) in [4.78, 5) is 11.8. The first-order valence-corrected chi connectivity index (χ1v) is 8.03. The van der Waals surface area contributed by atoms with Crippen LogP contribution in [0.15, 0.2) is 53.6 Å². The lowest BCUT2D eigenvalue weighted by atomic mass is 10.1. The van der Waals surface area contributed by atoms with Gasteiger partial charge in [0.1, 0.15) is 17.3 Å². The lowest BCUT2D eigenvalue weighted by Gasteiger charge is -2.07. The SMILES string of the molecule is CCCOc1ccc(/C(C)=N\NC(=O)COc2cccc(F)c2)cc1. The van der Waals surface area contributed by atoms with Crippen molar-refractivity contribution in [3.05, 3.63) is 59.9 Å². The average molecular weight is 344 g/mol. The smallest absolute Gasteiger partial charge is 0.277 e. The molecule has 0 fully saturated rings. The third kappa shape index (κ3) is 6.25. The van der Waals surface area contributed by atoms with Crippen molar-refractivity contribution in [1.82, 2.24) is 5.43 Å². The van der Waals surface area contributed by atoms with Gasteiger partial charge in [-0.3, -0.25) is 4.79 Å². The van der Waals surface area contributed by atoms with Gasteiger partial charge >= 0.3 is 0 Å². The normalized spacial score (nSPS) is 11.1. The number of halogens is 1. The van der Waals surface area contributed by atoms with E-state index in [0.29, 0.717) is 18.1 Å². The molecule has 0 atom stereocenters. The quantitative estimate of drug-likeness (QED) is 0.589. The van der Waals surface area contributed by atoms with E-state index in [2.05, 4.69) is 10.5 Å². The van der Waals surface area contributed by atoms with E-state index in [0.717, 1.165) is 17.7 Å². The summed E-state index contributed by atoms with van der Waals surface area (Å²) in [5.41, 5.74) is 3.94. The van der Waals surface area contributed by atoms with Crippen LogP contribution in [-0.4, -0.2) is 24.8 Å². The van der Waals surface area contributed by atoms with Crippen molar-refractivity contribution in [2.75, 3.05) is 13.2 Å². The molecule has 0 aliphatic heterocycles. The molecule has 2 rings (SSSR count). The highest BCUT2D eigenvalue weighted by Gasteiger charge is 2.04. The summed E-state index contributed by atoms with van der Waals surface area (Å²) < 4.78 is 23.7. The van der Waals surface area contributed by atoms with Gasteiger partial charge in [0.2, 0.25) is 0 Å². The van der Waals surface area contributed by atoms with E-state index < -0.39 is 11.7 Å². The van der Waals surface area contributed by atoms with Gasteiger partial charge in [0.15, 0.2) is 6.61 Å². The zero-order valence-electron chi connectivity index (χ0n) is 14.3. The summed E-state index contributed by atoms with van der Waals surface area (Å²) >= 11 is 0. The van der Waals surface area contributed by atoms with Gasteiger partial charge in [-0.2, -0.15) is 5.10 Å². The molecular weight excluding hydrogens is 323 g/mol. The molecule has 6 heteroatoms. The third-order valence-corrected chi connectivity index (χ3v) is 3.26. The van der Waals surface area contributed by atoms with Crippen molar-refractivity contribution >= 4 is 11.6 Å². The fourth-order valence-corrected chi connectivity index (χ4v) is 1.96. The van der Waals surface area contributed by atoms with E-state index >= 15 is 0 Å². The van der Waals surface area contributed by atoms with Crippen LogP contribution in [0.5, 0.6) is 11.5 Å². The molecule has 2 aromatic carbocycles. The zero-order valence-corrected chi connectivity index (χ0v) is 14.3. The summed E-state index contributed by atoms with van der Waals surface area (Å²) in [7, 11) is 0. The minimum Gasteiger partial charge on any atom is -0.494 e. The molecule has 0 bridgehead atoms. The van der Waals surface area contributed by atoms with Gasteiger partial charge in [-0.1, -0.05) is 13.0 Å². The Balaban J connectivity index is 1.84. The van der Waals surface area contributed by atoms with Gasteiger partial charge < -0.3 is 9.47 Å². The van der Waals surface area contributed by atoms with Crippen molar-refractivity contribution in [1.29, 1.82) is 0 Å². The Labute approximate surface area is 146 Å². The van der Waals surface area contributed by atoms with E-state index in [9.17, 15) is 9.18 Å². The predicted octanol–water partition coefficient (Wildman–Crippen LogP) is 3.53. The second kappa shape index (κ2) is 9.42. The van der Waals surface area contributed by atoms with Gasteiger partial charge in [0, 0.05) is 6.07 Å². The zero-order chi connectivity index (χ0) is 18.1. The van der Waals surface area contributed by atoms with Crippen LogP contribution in [0.1, 0.15) is 25.8 Å². The third-order valence-electron chi connectivity index (χ3n) is 3.26. The Morgan fingerprint density at radius 1 is 1.12 bits per heavy atom. The number of carbonyl (C=O) groups is 1. The van der Waals surface area contributed by atoms with Crippen molar-refractivity contribution in [2.45, 2.75) is 20.3 Å².